The van der Waals surface area contributed by atoms with Crippen LogP contribution in [0.5, 0.6) is 0 Å². The Hall–Kier alpha value is -4.33. The molecule has 0 spiro atoms. The van der Waals surface area contributed by atoms with Gasteiger partial charge in [-0.15, -0.1) is 0 Å². The largest absolute Gasteiger partial charge is 0.460 e. The smallest absolute Gasteiger partial charge is 0.407 e. The van der Waals surface area contributed by atoms with Gasteiger partial charge in [-0.3, -0.25) is 14.5 Å². The van der Waals surface area contributed by atoms with Crippen LogP contribution in [-0.2, 0) is 29.1 Å². The number of hydrogen-bond donors (Lipinski definition) is 1. The molecule has 0 aromatic heterocycles. The molecule has 4 atom stereocenters. The molecule has 256 valence electrons. The molecule has 0 radical (unpaired) electrons. The van der Waals surface area contributed by atoms with Crippen molar-refractivity contribution in [3.63, 3.8) is 0 Å². The van der Waals surface area contributed by atoms with Crippen LogP contribution < -0.4 is 10.2 Å². The summed E-state index contributed by atoms with van der Waals surface area (Å²) in [5.41, 5.74) is 1.16. The zero-order chi connectivity index (χ0) is 35.1. The zero-order valence-corrected chi connectivity index (χ0v) is 29.6. The molecule has 1 N–H and O–H groups in total. The van der Waals surface area contributed by atoms with Crippen molar-refractivity contribution < 1.29 is 37.1 Å². The van der Waals surface area contributed by atoms with Crippen LogP contribution in [-0.4, -0.2) is 67.9 Å². The van der Waals surface area contributed by atoms with Crippen LogP contribution in [0.2, 0.25) is 0 Å². The number of nitrogens with zero attached hydrogens (tertiary/aromatic N) is 2. The molecule has 3 aromatic rings. The van der Waals surface area contributed by atoms with Crippen LogP contribution in [0, 0.1) is 17.8 Å². The number of para-hydroxylation sites is 1. The number of alkyl carbamates (subject to hydrolysis) is 1. The van der Waals surface area contributed by atoms with E-state index in [9.17, 15) is 27.6 Å². The van der Waals surface area contributed by atoms with E-state index in [0.29, 0.717) is 21.3 Å². The number of fused-ring (bicyclic) bond motifs is 3. The SMILES string of the molecule is CC(C)(C)OC(=O)NCC1=C2CN(S(=O)(=O)c3ccc(Br)cc3)[C@H](COC(=O)c3ccccc3)[C@H]2[C@H]2C(=O)N(c3ccccc3)C(=O)[C@@H]2C1. The molecule has 2 aliphatic heterocycles. The van der Waals surface area contributed by atoms with Crippen molar-refractivity contribution in [2.24, 2.45) is 17.8 Å². The molecule has 13 heteroatoms. The Kier molecular flexibility index (Phi) is 9.53. The quantitative estimate of drug-likeness (QED) is 0.185. The van der Waals surface area contributed by atoms with E-state index in [1.165, 1.54) is 16.4 Å². The first-order valence-corrected chi connectivity index (χ1v) is 18.1. The molecule has 11 nitrogen and oxygen atoms in total. The number of nitrogens with one attached hydrogen (secondary N) is 1. The molecule has 0 unspecified atom stereocenters. The number of sulfonamides is 1. The van der Waals surface area contributed by atoms with Crippen LogP contribution in [0.3, 0.4) is 0 Å². The average molecular weight is 751 g/mol. The summed E-state index contributed by atoms with van der Waals surface area (Å²) in [4.78, 5) is 55.4. The Morgan fingerprint density at radius 2 is 1.53 bits per heavy atom. The summed E-state index contributed by atoms with van der Waals surface area (Å²) in [7, 11) is -4.21. The van der Waals surface area contributed by atoms with Gasteiger partial charge in [-0.2, -0.15) is 4.31 Å². The lowest BCUT2D eigenvalue weighted by Crippen LogP contribution is -2.46. The highest BCUT2D eigenvalue weighted by molar-refractivity contribution is 9.10. The van der Waals surface area contributed by atoms with Gasteiger partial charge in [-0.25, -0.2) is 18.0 Å². The summed E-state index contributed by atoms with van der Waals surface area (Å²) >= 11 is 3.35. The van der Waals surface area contributed by atoms with Crippen molar-refractivity contribution in [3.8, 4) is 0 Å². The molecular weight excluding hydrogens is 714 g/mol. The maximum atomic E-state index is 14.4. The lowest BCUT2D eigenvalue weighted by Gasteiger charge is -2.34. The minimum absolute atomic E-state index is 0.0130. The second-order valence-corrected chi connectivity index (χ2v) is 16.0. The number of esters is 1. The van der Waals surface area contributed by atoms with Crippen molar-refractivity contribution in [3.05, 3.63) is 106 Å². The van der Waals surface area contributed by atoms with Crippen molar-refractivity contribution in [1.29, 1.82) is 0 Å². The third-order valence-corrected chi connectivity index (χ3v) is 11.4. The van der Waals surface area contributed by atoms with Gasteiger partial charge in [-0.05, 0) is 86.9 Å². The van der Waals surface area contributed by atoms with Crippen molar-refractivity contribution in [2.75, 3.05) is 24.6 Å². The average Bonchev–Trinajstić information content (AvgIpc) is 3.57. The van der Waals surface area contributed by atoms with Gasteiger partial charge in [0.1, 0.15) is 12.2 Å². The second kappa shape index (κ2) is 13.5. The number of carbonyl (C=O) groups excluding carboxylic acids is 4. The first-order valence-electron chi connectivity index (χ1n) is 15.9. The van der Waals surface area contributed by atoms with Crippen molar-refractivity contribution in [2.45, 2.75) is 43.7 Å². The number of amides is 3. The predicted octanol–water partition coefficient (Wildman–Crippen LogP) is 5.33. The summed E-state index contributed by atoms with van der Waals surface area (Å²) in [6.07, 6.45) is -0.548. The Morgan fingerprint density at radius 1 is 0.898 bits per heavy atom. The number of carbonyl (C=O) groups is 4. The van der Waals surface area contributed by atoms with E-state index in [0.717, 1.165) is 4.90 Å². The number of hydrogen-bond acceptors (Lipinski definition) is 8. The number of ether oxygens (including phenoxy) is 2. The number of imide groups is 1. The number of anilines is 1. The molecule has 0 bridgehead atoms. The standard InChI is InChI=1S/C36H36BrN3O8S/c1-36(2,3)48-35(44)38-19-23-18-27-31(33(42)40(32(27)41)25-12-8-5-9-13-25)30-28(23)20-39(49(45,46)26-16-14-24(37)15-17-26)29(30)21-47-34(43)22-10-6-4-7-11-22/h4-17,27,29-31H,18-21H2,1-3H3,(H,38,44)/t27-,29-,30+,31+/m1/s1. The Bertz CT molecular complexity index is 1910. The third-order valence-electron chi connectivity index (χ3n) is 8.97. The van der Waals surface area contributed by atoms with Gasteiger partial charge < -0.3 is 14.8 Å². The molecule has 3 aromatic carbocycles. The van der Waals surface area contributed by atoms with Crippen molar-refractivity contribution in [1.82, 2.24) is 9.62 Å². The Labute approximate surface area is 293 Å². The highest BCUT2D eigenvalue weighted by Gasteiger charge is 2.61. The van der Waals surface area contributed by atoms with Gasteiger partial charge in [0.2, 0.25) is 21.8 Å². The van der Waals surface area contributed by atoms with Gasteiger partial charge in [0.25, 0.3) is 0 Å². The fraction of sp³-hybridized carbons (Fsp3) is 0.333. The molecular formula is C36H36BrN3O8S. The van der Waals surface area contributed by atoms with Gasteiger partial charge >= 0.3 is 12.1 Å². The van der Waals surface area contributed by atoms with Crippen LogP contribution in [0.25, 0.3) is 0 Å². The molecule has 1 aliphatic carbocycles. The zero-order valence-electron chi connectivity index (χ0n) is 27.2. The van der Waals surface area contributed by atoms with E-state index in [4.69, 9.17) is 9.47 Å². The monoisotopic (exact) mass is 749 g/mol. The first kappa shape index (κ1) is 34.5. The molecule has 3 aliphatic rings. The van der Waals surface area contributed by atoms with E-state index in [1.54, 1.807) is 93.6 Å². The fourth-order valence-electron chi connectivity index (χ4n) is 6.89. The second-order valence-electron chi connectivity index (χ2n) is 13.2. The highest BCUT2D eigenvalue weighted by Crippen LogP contribution is 2.52. The van der Waals surface area contributed by atoms with Gasteiger partial charge in [0, 0.05) is 23.5 Å². The summed E-state index contributed by atoms with van der Waals surface area (Å²) in [6.45, 7) is 4.68. The minimum atomic E-state index is -4.21. The predicted molar refractivity (Wildman–Crippen MR) is 184 cm³/mol. The van der Waals surface area contributed by atoms with Crippen LogP contribution >= 0.6 is 15.9 Å². The summed E-state index contributed by atoms with van der Waals surface area (Å²) in [5.74, 6) is -4.11. The minimum Gasteiger partial charge on any atom is -0.460 e. The first-order chi connectivity index (χ1) is 23.3. The fourth-order valence-corrected chi connectivity index (χ4v) is 8.76. The number of halogens is 1. The Balaban J connectivity index is 1.44. The molecule has 3 amide bonds. The molecule has 2 saturated heterocycles. The van der Waals surface area contributed by atoms with Crippen LogP contribution in [0.1, 0.15) is 37.6 Å². The molecule has 49 heavy (non-hydrogen) atoms. The lowest BCUT2D eigenvalue weighted by atomic mass is 9.69. The third kappa shape index (κ3) is 6.92. The molecule has 2 fully saturated rings. The highest BCUT2D eigenvalue weighted by atomic mass is 79.9. The van der Waals surface area contributed by atoms with Gasteiger partial charge in [0.05, 0.1) is 34.0 Å². The molecule has 0 saturated carbocycles. The van der Waals surface area contributed by atoms with Crippen LogP contribution in [0.4, 0.5) is 10.5 Å². The maximum Gasteiger partial charge on any atom is 0.407 e. The van der Waals surface area contributed by atoms with E-state index >= 15 is 0 Å². The van der Waals surface area contributed by atoms with E-state index in [-0.39, 0.29) is 36.6 Å². The van der Waals surface area contributed by atoms with Gasteiger partial charge in [-0.1, -0.05) is 52.3 Å². The molecule has 2 heterocycles. The van der Waals surface area contributed by atoms with Crippen molar-refractivity contribution >= 4 is 55.5 Å². The van der Waals surface area contributed by atoms with E-state index in [1.807, 2.05) is 0 Å². The van der Waals surface area contributed by atoms with Crippen LogP contribution in [0.15, 0.2) is 105 Å². The summed E-state index contributed by atoms with van der Waals surface area (Å²) in [5, 5.41) is 2.76. The normalized spacial score (nSPS) is 22.5. The number of rotatable bonds is 8. The van der Waals surface area contributed by atoms with E-state index in [2.05, 4.69) is 21.2 Å². The number of benzene rings is 3. The lowest BCUT2D eigenvalue weighted by molar-refractivity contribution is -0.123. The summed E-state index contributed by atoms with van der Waals surface area (Å²) in [6, 6.07) is 22.0. The topological polar surface area (TPSA) is 139 Å². The van der Waals surface area contributed by atoms with E-state index < -0.39 is 63.3 Å². The summed E-state index contributed by atoms with van der Waals surface area (Å²) < 4.78 is 41.9. The maximum absolute atomic E-state index is 14.4. The van der Waals surface area contributed by atoms with Gasteiger partial charge in [0.15, 0.2) is 0 Å². The Morgan fingerprint density at radius 3 is 2.16 bits per heavy atom. The molecule has 6 rings (SSSR count).